The van der Waals surface area contributed by atoms with E-state index in [1.54, 1.807) is 6.07 Å². The standard InChI is InChI=1S/C8H6BF3N/c10-9(11,12)8-3-1-2-7(6-8)4-5-13/h1-3,6H,4H2/q-1. The van der Waals surface area contributed by atoms with Crippen LogP contribution in [0.2, 0.25) is 0 Å². The molecule has 0 saturated heterocycles. The lowest BCUT2D eigenvalue weighted by atomic mass is 9.79. The summed E-state index contributed by atoms with van der Waals surface area (Å²) < 4.78 is 36.6. The smallest absolute Gasteiger partial charge is 0.445 e. The van der Waals surface area contributed by atoms with E-state index in [2.05, 4.69) is 0 Å². The second-order valence-electron chi connectivity index (χ2n) is 2.65. The van der Waals surface area contributed by atoms with Crippen molar-refractivity contribution in [2.45, 2.75) is 6.42 Å². The maximum atomic E-state index is 12.2. The molecule has 1 nitrogen and oxygen atoms in total. The summed E-state index contributed by atoms with van der Waals surface area (Å²) >= 11 is 0. The Balaban J connectivity index is 3.00. The van der Waals surface area contributed by atoms with Gasteiger partial charge in [-0.2, -0.15) is 5.26 Å². The zero-order valence-electron chi connectivity index (χ0n) is 6.67. The van der Waals surface area contributed by atoms with Crippen LogP contribution in [0.5, 0.6) is 0 Å². The van der Waals surface area contributed by atoms with Gasteiger partial charge in [-0.1, -0.05) is 24.3 Å². The highest BCUT2D eigenvalue weighted by atomic mass is 19.4. The normalized spacial score (nSPS) is 10.9. The van der Waals surface area contributed by atoms with E-state index in [-0.39, 0.29) is 6.42 Å². The summed E-state index contributed by atoms with van der Waals surface area (Å²) in [7, 11) is 0. The molecule has 68 valence electrons. The predicted molar refractivity (Wildman–Crippen MR) is 44.5 cm³/mol. The number of hydrogen-bond acceptors (Lipinski definition) is 1. The van der Waals surface area contributed by atoms with E-state index < -0.39 is 12.4 Å². The molecule has 0 amide bonds. The van der Waals surface area contributed by atoms with Crippen LogP contribution in [-0.2, 0) is 6.42 Å². The molecule has 0 aliphatic carbocycles. The highest BCUT2D eigenvalue weighted by Gasteiger charge is 2.25. The van der Waals surface area contributed by atoms with Gasteiger partial charge in [0.2, 0.25) is 0 Å². The molecule has 0 atom stereocenters. The van der Waals surface area contributed by atoms with Gasteiger partial charge < -0.3 is 12.9 Å². The minimum absolute atomic E-state index is 0.0139. The Morgan fingerprint density at radius 2 is 2.00 bits per heavy atom. The van der Waals surface area contributed by atoms with Crippen molar-refractivity contribution in [1.82, 2.24) is 0 Å². The van der Waals surface area contributed by atoms with Crippen molar-refractivity contribution < 1.29 is 12.9 Å². The van der Waals surface area contributed by atoms with Crippen LogP contribution in [0.25, 0.3) is 0 Å². The topological polar surface area (TPSA) is 23.8 Å². The first kappa shape index (κ1) is 9.65. The Morgan fingerprint density at radius 3 is 2.54 bits per heavy atom. The predicted octanol–water partition coefficient (Wildman–Crippen LogP) is 1.81. The lowest BCUT2D eigenvalue weighted by Gasteiger charge is -2.14. The van der Waals surface area contributed by atoms with Gasteiger partial charge in [-0.05, 0) is 5.56 Å². The summed E-state index contributed by atoms with van der Waals surface area (Å²) in [6.45, 7) is -4.95. The summed E-state index contributed by atoms with van der Waals surface area (Å²) in [5, 5.41) is 8.29. The van der Waals surface area contributed by atoms with E-state index in [4.69, 9.17) is 5.26 Å². The molecular weight excluding hydrogens is 178 g/mol. The quantitative estimate of drug-likeness (QED) is 0.642. The third-order valence-corrected chi connectivity index (χ3v) is 1.61. The maximum Gasteiger partial charge on any atom is 0.509 e. The van der Waals surface area contributed by atoms with Crippen molar-refractivity contribution in [3.8, 4) is 6.07 Å². The molecule has 0 spiro atoms. The van der Waals surface area contributed by atoms with Gasteiger partial charge >= 0.3 is 6.98 Å². The van der Waals surface area contributed by atoms with Gasteiger partial charge in [0.1, 0.15) is 0 Å². The molecule has 1 aromatic carbocycles. The molecule has 0 fully saturated rings. The molecule has 0 aromatic heterocycles. The lowest BCUT2D eigenvalue weighted by molar-refractivity contribution is 0.501. The number of hydrogen-bond donors (Lipinski definition) is 0. The third-order valence-electron chi connectivity index (χ3n) is 1.61. The first-order chi connectivity index (χ1) is 6.04. The van der Waals surface area contributed by atoms with Crippen molar-refractivity contribution in [3.63, 3.8) is 0 Å². The van der Waals surface area contributed by atoms with Crippen LogP contribution in [-0.4, -0.2) is 6.98 Å². The molecule has 1 aromatic rings. The Morgan fingerprint density at radius 1 is 1.31 bits per heavy atom. The average Bonchev–Trinajstić information content (AvgIpc) is 2.04. The molecule has 0 saturated carbocycles. The molecule has 1 rings (SSSR count). The van der Waals surface area contributed by atoms with Crippen molar-refractivity contribution in [2.75, 3.05) is 0 Å². The average molecular weight is 184 g/mol. The van der Waals surface area contributed by atoms with Crippen LogP contribution < -0.4 is 5.46 Å². The van der Waals surface area contributed by atoms with Crippen LogP contribution in [0, 0.1) is 11.3 Å². The molecule has 13 heavy (non-hydrogen) atoms. The molecule has 0 aliphatic heterocycles. The molecule has 0 radical (unpaired) electrons. The molecule has 0 N–H and O–H groups in total. The van der Waals surface area contributed by atoms with Gasteiger partial charge in [0.15, 0.2) is 0 Å². The van der Waals surface area contributed by atoms with E-state index >= 15 is 0 Å². The fourth-order valence-electron chi connectivity index (χ4n) is 0.998. The number of rotatable bonds is 2. The summed E-state index contributed by atoms with van der Waals surface area (Å²) in [5.41, 5.74) is -0.244. The van der Waals surface area contributed by atoms with E-state index in [0.717, 1.165) is 12.1 Å². The fourth-order valence-corrected chi connectivity index (χ4v) is 0.998. The first-order valence-electron chi connectivity index (χ1n) is 3.70. The van der Waals surface area contributed by atoms with E-state index in [1.165, 1.54) is 12.1 Å². The second kappa shape index (κ2) is 3.52. The monoisotopic (exact) mass is 184 g/mol. The van der Waals surface area contributed by atoms with E-state index in [9.17, 15) is 12.9 Å². The Kier molecular flexibility index (Phi) is 2.62. The van der Waals surface area contributed by atoms with Crippen LogP contribution in [0.4, 0.5) is 12.9 Å². The Labute approximate surface area is 73.9 Å². The molecule has 0 bridgehead atoms. The van der Waals surface area contributed by atoms with Crippen molar-refractivity contribution >= 4 is 12.4 Å². The zero-order valence-corrected chi connectivity index (χ0v) is 6.67. The summed E-state index contributed by atoms with van der Waals surface area (Å²) in [5.74, 6) is 0. The van der Waals surface area contributed by atoms with Crippen LogP contribution in [0.1, 0.15) is 5.56 Å². The largest absolute Gasteiger partial charge is 0.509 e. The van der Waals surface area contributed by atoms with E-state index in [1.807, 2.05) is 0 Å². The van der Waals surface area contributed by atoms with Crippen molar-refractivity contribution in [2.24, 2.45) is 0 Å². The zero-order chi connectivity index (χ0) is 9.90. The van der Waals surface area contributed by atoms with Crippen molar-refractivity contribution in [1.29, 1.82) is 5.26 Å². The molecule has 0 aliphatic rings. The number of nitriles is 1. The summed E-state index contributed by atoms with van der Waals surface area (Å²) in [6.07, 6.45) is 0.0139. The van der Waals surface area contributed by atoms with Crippen molar-refractivity contribution in [3.05, 3.63) is 29.8 Å². The van der Waals surface area contributed by atoms with Gasteiger partial charge in [-0.3, -0.25) is 0 Å². The number of benzene rings is 1. The second-order valence-corrected chi connectivity index (χ2v) is 2.65. The van der Waals surface area contributed by atoms with Gasteiger partial charge in [0.05, 0.1) is 12.5 Å². The van der Waals surface area contributed by atoms with Gasteiger partial charge in [0.25, 0.3) is 0 Å². The highest BCUT2D eigenvalue weighted by Crippen LogP contribution is 2.10. The van der Waals surface area contributed by atoms with Gasteiger partial charge in [-0.15, -0.1) is 5.46 Å². The number of nitrogens with zero attached hydrogens (tertiary/aromatic N) is 1. The van der Waals surface area contributed by atoms with Gasteiger partial charge in [-0.25, -0.2) is 0 Å². The summed E-state index contributed by atoms with van der Waals surface area (Å²) in [4.78, 5) is 0. The lowest BCUT2D eigenvalue weighted by Crippen LogP contribution is -2.34. The van der Waals surface area contributed by atoms with Crippen LogP contribution in [0.15, 0.2) is 24.3 Å². The van der Waals surface area contributed by atoms with E-state index in [0.29, 0.717) is 5.56 Å². The minimum atomic E-state index is -4.95. The first-order valence-corrected chi connectivity index (χ1v) is 3.70. The van der Waals surface area contributed by atoms with Gasteiger partial charge in [0, 0.05) is 0 Å². The molecular formula is C8H6BF3N-. The van der Waals surface area contributed by atoms with Crippen LogP contribution in [0.3, 0.4) is 0 Å². The fraction of sp³-hybridized carbons (Fsp3) is 0.125. The Bertz CT molecular complexity index is 340. The third kappa shape index (κ3) is 2.51. The number of halogens is 3. The molecule has 0 heterocycles. The molecule has 5 heteroatoms. The molecule has 0 unspecified atom stereocenters. The highest BCUT2D eigenvalue weighted by molar-refractivity contribution is 6.73. The summed E-state index contributed by atoms with van der Waals surface area (Å²) in [6, 6.07) is 6.66. The maximum absolute atomic E-state index is 12.2. The Hall–Kier alpha value is -1.44. The SMILES string of the molecule is N#CCc1cccc([B-](F)(F)F)c1. The van der Waals surface area contributed by atoms with Crippen LogP contribution >= 0.6 is 0 Å². The minimum Gasteiger partial charge on any atom is -0.445 e.